The summed E-state index contributed by atoms with van der Waals surface area (Å²) in [4.78, 5) is 24.7. The zero-order valence-corrected chi connectivity index (χ0v) is 11.7. The van der Waals surface area contributed by atoms with E-state index in [4.69, 9.17) is 5.11 Å². The normalized spacial score (nSPS) is 21.9. The van der Waals surface area contributed by atoms with Crippen LogP contribution in [0, 0.1) is 11.3 Å². The molecule has 1 aliphatic rings. The minimum Gasteiger partial charge on any atom is -0.481 e. The second-order valence-corrected chi connectivity index (χ2v) is 6.04. The highest BCUT2D eigenvalue weighted by Crippen LogP contribution is 2.25. The van der Waals surface area contributed by atoms with Crippen molar-refractivity contribution in [2.45, 2.75) is 40.5 Å². The molecule has 0 spiro atoms. The molecule has 0 bridgehead atoms. The van der Waals surface area contributed by atoms with Crippen molar-refractivity contribution in [3.8, 4) is 0 Å². The third kappa shape index (κ3) is 3.86. The number of rotatable bonds is 2. The number of allylic oxidation sites excluding steroid dienone is 1. The Morgan fingerprint density at radius 3 is 2.44 bits per heavy atom. The van der Waals surface area contributed by atoms with Crippen LogP contribution < -0.4 is 0 Å². The molecule has 1 heterocycles. The first-order chi connectivity index (χ1) is 8.21. The van der Waals surface area contributed by atoms with Crippen LogP contribution in [0.25, 0.3) is 0 Å². The third-order valence-corrected chi connectivity index (χ3v) is 3.61. The van der Waals surface area contributed by atoms with E-state index in [-0.39, 0.29) is 11.3 Å². The number of carboxylic acids is 1. The van der Waals surface area contributed by atoms with Gasteiger partial charge in [-0.05, 0) is 25.2 Å². The Bertz CT molecular complexity index is 366. The standard InChI is InChI=1S/C14H23NO3/c1-10(14(2,3)4)8-12(16)15-7-5-6-11(9-15)13(17)18/h8,11H,5-7,9H2,1-4H3,(H,17,18)/b10-8-/t11-/m1/s1. The Balaban J connectivity index is 2.70. The second kappa shape index (κ2) is 5.55. The Hall–Kier alpha value is -1.32. The fraction of sp³-hybridized carbons (Fsp3) is 0.714. The number of hydrogen-bond donors (Lipinski definition) is 1. The van der Waals surface area contributed by atoms with Crippen LogP contribution in [0.3, 0.4) is 0 Å². The van der Waals surface area contributed by atoms with Crippen molar-refractivity contribution in [2.75, 3.05) is 13.1 Å². The van der Waals surface area contributed by atoms with Crippen molar-refractivity contribution in [2.24, 2.45) is 11.3 Å². The molecule has 0 aromatic rings. The molecule has 0 saturated carbocycles. The summed E-state index contributed by atoms with van der Waals surface area (Å²) in [6.45, 7) is 9.11. The lowest BCUT2D eigenvalue weighted by molar-refractivity contribution is -0.144. The number of aliphatic carboxylic acids is 1. The lowest BCUT2D eigenvalue weighted by atomic mass is 9.87. The fourth-order valence-corrected chi connectivity index (χ4v) is 1.87. The Kier molecular flexibility index (Phi) is 4.54. The summed E-state index contributed by atoms with van der Waals surface area (Å²) in [6, 6.07) is 0. The summed E-state index contributed by atoms with van der Waals surface area (Å²) < 4.78 is 0. The largest absolute Gasteiger partial charge is 0.481 e. The molecule has 1 atom stereocenters. The molecule has 0 aromatic carbocycles. The monoisotopic (exact) mass is 253 g/mol. The molecule has 1 aliphatic heterocycles. The SMILES string of the molecule is C/C(=C/C(=O)N1CCC[C@@H](C(=O)O)C1)C(C)(C)C. The van der Waals surface area contributed by atoms with E-state index in [0.717, 1.165) is 12.0 Å². The molecule has 1 saturated heterocycles. The van der Waals surface area contributed by atoms with Gasteiger partial charge in [0.25, 0.3) is 0 Å². The minimum absolute atomic E-state index is 0.0301. The number of hydrogen-bond acceptors (Lipinski definition) is 2. The lowest BCUT2D eigenvalue weighted by Crippen LogP contribution is -2.41. The highest BCUT2D eigenvalue weighted by molar-refractivity contribution is 5.89. The van der Waals surface area contributed by atoms with E-state index in [1.54, 1.807) is 11.0 Å². The molecule has 1 N–H and O–H groups in total. The van der Waals surface area contributed by atoms with Crippen LogP contribution in [0.1, 0.15) is 40.5 Å². The molecule has 1 amide bonds. The average Bonchev–Trinajstić information content (AvgIpc) is 2.27. The fourth-order valence-electron chi connectivity index (χ4n) is 1.87. The molecule has 0 radical (unpaired) electrons. The summed E-state index contributed by atoms with van der Waals surface area (Å²) in [6.07, 6.45) is 3.08. The van der Waals surface area contributed by atoms with Crippen LogP contribution in [-0.4, -0.2) is 35.0 Å². The van der Waals surface area contributed by atoms with Crippen molar-refractivity contribution in [1.29, 1.82) is 0 Å². The second-order valence-electron chi connectivity index (χ2n) is 6.04. The van der Waals surface area contributed by atoms with Crippen molar-refractivity contribution >= 4 is 11.9 Å². The highest BCUT2D eigenvalue weighted by atomic mass is 16.4. The van der Waals surface area contributed by atoms with Crippen LogP contribution in [0.5, 0.6) is 0 Å². The van der Waals surface area contributed by atoms with Gasteiger partial charge >= 0.3 is 5.97 Å². The molecule has 1 rings (SSSR count). The third-order valence-electron chi connectivity index (χ3n) is 3.61. The van der Waals surface area contributed by atoms with Crippen molar-refractivity contribution in [1.82, 2.24) is 4.90 Å². The number of amides is 1. The van der Waals surface area contributed by atoms with Gasteiger partial charge in [0.15, 0.2) is 0 Å². The Morgan fingerprint density at radius 2 is 1.94 bits per heavy atom. The van der Waals surface area contributed by atoms with Gasteiger partial charge in [0.1, 0.15) is 0 Å². The van der Waals surface area contributed by atoms with E-state index in [1.807, 2.05) is 6.92 Å². The highest BCUT2D eigenvalue weighted by Gasteiger charge is 2.27. The number of carbonyl (C=O) groups excluding carboxylic acids is 1. The van der Waals surface area contributed by atoms with Gasteiger partial charge in [-0.25, -0.2) is 0 Å². The van der Waals surface area contributed by atoms with E-state index in [1.165, 1.54) is 0 Å². The van der Waals surface area contributed by atoms with Gasteiger partial charge in [0.2, 0.25) is 5.91 Å². The van der Waals surface area contributed by atoms with Crippen LogP contribution in [0.15, 0.2) is 11.6 Å². The van der Waals surface area contributed by atoms with Crippen molar-refractivity contribution in [3.05, 3.63) is 11.6 Å². The predicted octanol–water partition coefficient (Wildman–Crippen LogP) is 2.30. The maximum Gasteiger partial charge on any atom is 0.308 e. The van der Waals surface area contributed by atoms with Gasteiger partial charge in [0.05, 0.1) is 5.92 Å². The summed E-state index contributed by atoms with van der Waals surface area (Å²) in [5.41, 5.74) is 0.988. The topological polar surface area (TPSA) is 57.6 Å². The van der Waals surface area contributed by atoms with E-state index >= 15 is 0 Å². The maximum absolute atomic E-state index is 12.1. The van der Waals surface area contributed by atoms with E-state index in [2.05, 4.69) is 20.8 Å². The van der Waals surface area contributed by atoms with Gasteiger partial charge in [-0.2, -0.15) is 0 Å². The summed E-state index contributed by atoms with van der Waals surface area (Å²) >= 11 is 0. The summed E-state index contributed by atoms with van der Waals surface area (Å²) in [7, 11) is 0. The molecule has 102 valence electrons. The molecule has 1 fully saturated rings. The first kappa shape index (κ1) is 14.7. The number of carboxylic acid groups (broad SMARTS) is 1. The molecule has 4 heteroatoms. The number of carbonyl (C=O) groups is 2. The van der Waals surface area contributed by atoms with E-state index < -0.39 is 11.9 Å². The van der Waals surface area contributed by atoms with Crippen LogP contribution in [0.2, 0.25) is 0 Å². The maximum atomic E-state index is 12.1. The number of nitrogens with zero attached hydrogens (tertiary/aromatic N) is 1. The molecule has 18 heavy (non-hydrogen) atoms. The van der Waals surface area contributed by atoms with Crippen LogP contribution >= 0.6 is 0 Å². The molecule has 0 aliphatic carbocycles. The minimum atomic E-state index is -0.802. The van der Waals surface area contributed by atoms with Gasteiger partial charge in [-0.15, -0.1) is 0 Å². The zero-order valence-electron chi connectivity index (χ0n) is 11.7. The quantitative estimate of drug-likeness (QED) is 0.768. The van der Waals surface area contributed by atoms with E-state index in [9.17, 15) is 9.59 Å². The summed E-state index contributed by atoms with van der Waals surface area (Å²) in [5, 5.41) is 9.00. The Labute approximate surface area is 109 Å². The molecule has 0 aromatic heterocycles. The molecular formula is C14H23NO3. The van der Waals surface area contributed by atoms with Gasteiger partial charge < -0.3 is 10.0 Å². The lowest BCUT2D eigenvalue weighted by Gasteiger charge is -2.30. The van der Waals surface area contributed by atoms with Crippen LogP contribution in [-0.2, 0) is 9.59 Å². The van der Waals surface area contributed by atoms with Crippen LogP contribution in [0.4, 0.5) is 0 Å². The molecule has 4 nitrogen and oxygen atoms in total. The average molecular weight is 253 g/mol. The molecule has 0 unspecified atom stereocenters. The number of piperidine rings is 1. The van der Waals surface area contributed by atoms with Gasteiger partial charge in [-0.1, -0.05) is 26.3 Å². The predicted molar refractivity (Wildman–Crippen MR) is 70.2 cm³/mol. The van der Waals surface area contributed by atoms with Crippen molar-refractivity contribution < 1.29 is 14.7 Å². The zero-order chi connectivity index (χ0) is 13.9. The van der Waals surface area contributed by atoms with E-state index in [0.29, 0.717) is 19.5 Å². The first-order valence-corrected chi connectivity index (χ1v) is 6.42. The molecular weight excluding hydrogens is 230 g/mol. The number of likely N-dealkylation sites (tertiary alicyclic amines) is 1. The summed E-state index contributed by atoms with van der Waals surface area (Å²) in [5.74, 6) is -1.27. The van der Waals surface area contributed by atoms with Gasteiger partial charge in [0, 0.05) is 19.2 Å². The first-order valence-electron chi connectivity index (χ1n) is 6.42. The van der Waals surface area contributed by atoms with Gasteiger partial charge in [-0.3, -0.25) is 9.59 Å². The Morgan fingerprint density at radius 1 is 1.33 bits per heavy atom. The smallest absolute Gasteiger partial charge is 0.308 e. The van der Waals surface area contributed by atoms with Crippen molar-refractivity contribution in [3.63, 3.8) is 0 Å².